The van der Waals surface area contributed by atoms with Gasteiger partial charge in [-0.05, 0) is 55.7 Å². The highest BCUT2D eigenvalue weighted by atomic mass is 32.1. The first-order valence-electron chi connectivity index (χ1n) is 10.6. The molecule has 2 atom stereocenters. The standard InChI is InChI=1S/C23H29N3O3S/c1-13-11-14(2)18-16(12-13)30-21(25-18)24-17(27)7-6-10-26-19(28)15-8-9-23(5,20(26)29)22(15,3)4/h11-12,15H,6-10H2,1-5H3,(H,24,25,27). The van der Waals surface area contributed by atoms with E-state index >= 15 is 0 Å². The van der Waals surface area contributed by atoms with Gasteiger partial charge in [0, 0.05) is 18.9 Å². The zero-order valence-electron chi connectivity index (χ0n) is 18.3. The van der Waals surface area contributed by atoms with Crippen LogP contribution in [0.2, 0.25) is 0 Å². The number of hydrogen-bond donors (Lipinski definition) is 1. The van der Waals surface area contributed by atoms with Gasteiger partial charge in [0.1, 0.15) is 0 Å². The maximum atomic E-state index is 13.1. The van der Waals surface area contributed by atoms with E-state index in [2.05, 4.69) is 22.4 Å². The Kier molecular flexibility index (Phi) is 5.00. The van der Waals surface area contributed by atoms with Crippen LogP contribution < -0.4 is 5.32 Å². The van der Waals surface area contributed by atoms with E-state index in [0.717, 1.165) is 28.6 Å². The summed E-state index contributed by atoms with van der Waals surface area (Å²) in [5.41, 5.74) is 2.37. The van der Waals surface area contributed by atoms with Crippen LogP contribution in [0.15, 0.2) is 12.1 Å². The van der Waals surface area contributed by atoms with Gasteiger partial charge in [0.15, 0.2) is 5.13 Å². The molecule has 4 rings (SSSR count). The summed E-state index contributed by atoms with van der Waals surface area (Å²) in [6.07, 6.45) is 2.22. The van der Waals surface area contributed by atoms with E-state index in [4.69, 9.17) is 0 Å². The number of likely N-dealkylation sites (tertiary alicyclic amines) is 1. The molecule has 30 heavy (non-hydrogen) atoms. The molecule has 2 aliphatic rings. The van der Waals surface area contributed by atoms with Crippen LogP contribution in [0, 0.1) is 30.6 Å². The number of rotatable bonds is 5. The fourth-order valence-electron chi connectivity index (χ4n) is 5.12. The number of benzene rings is 1. The number of hydrogen-bond acceptors (Lipinski definition) is 5. The van der Waals surface area contributed by atoms with Crippen molar-refractivity contribution in [2.75, 3.05) is 11.9 Å². The number of amides is 3. The third kappa shape index (κ3) is 3.14. The highest BCUT2D eigenvalue weighted by Crippen LogP contribution is 2.60. The molecule has 2 heterocycles. The van der Waals surface area contributed by atoms with Gasteiger partial charge in [0.05, 0.1) is 15.6 Å². The van der Waals surface area contributed by atoms with Gasteiger partial charge in [-0.1, -0.05) is 38.2 Å². The molecule has 1 N–H and O–H groups in total. The number of aromatic nitrogens is 1. The molecule has 2 bridgehead atoms. The topological polar surface area (TPSA) is 79.4 Å². The Hall–Kier alpha value is -2.28. The average molecular weight is 428 g/mol. The molecular weight excluding hydrogens is 398 g/mol. The number of imide groups is 1. The normalized spacial score (nSPS) is 25.2. The van der Waals surface area contributed by atoms with E-state index in [1.165, 1.54) is 21.8 Å². The second-order valence-electron chi connectivity index (χ2n) is 9.54. The van der Waals surface area contributed by atoms with E-state index in [1.807, 2.05) is 34.6 Å². The molecule has 1 aromatic heterocycles. The zero-order chi connectivity index (χ0) is 21.8. The Morgan fingerprint density at radius 2 is 2.00 bits per heavy atom. The maximum Gasteiger partial charge on any atom is 0.235 e. The number of carbonyl (C=O) groups excluding carboxylic acids is 3. The van der Waals surface area contributed by atoms with Crippen LogP contribution in [0.5, 0.6) is 0 Å². The van der Waals surface area contributed by atoms with E-state index in [0.29, 0.717) is 18.1 Å². The van der Waals surface area contributed by atoms with E-state index < -0.39 is 5.41 Å². The number of fused-ring (bicyclic) bond motifs is 3. The second kappa shape index (κ2) is 7.15. The first kappa shape index (κ1) is 21.0. The maximum absolute atomic E-state index is 13.1. The first-order chi connectivity index (χ1) is 14.0. The minimum atomic E-state index is -0.495. The molecule has 1 aliphatic heterocycles. The van der Waals surface area contributed by atoms with Crippen molar-refractivity contribution in [2.45, 2.75) is 60.3 Å². The Balaban J connectivity index is 1.37. The SMILES string of the molecule is Cc1cc(C)c2nc(NC(=O)CCCN3C(=O)C4CCC(C)(C3=O)C4(C)C)sc2c1. The van der Waals surface area contributed by atoms with Gasteiger partial charge in [0.2, 0.25) is 17.7 Å². The molecule has 3 amide bonds. The minimum Gasteiger partial charge on any atom is -0.302 e. The lowest BCUT2D eigenvalue weighted by molar-refractivity contribution is -0.168. The Bertz CT molecular complexity index is 1060. The fraction of sp³-hybridized carbons (Fsp3) is 0.565. The number of carbonyl (C=O) groups is 3. The molecule has 160 valence electrons. The van der Waals surface area contributed by atoms with Crippen molar-refractivity contribution in [1.82, 2.24) is 9.88 Å². The third-order valence-corrected chi connectivity index (χ3v) is 8.29. The Morgan fingerprint density at radius 1 is 1.27 bits per heavy atom. The number of nitrogens with one attached hydrogen (secondary N) is 1. The summed E-state index contributed by atoms with van der Waals surface area (Å²) in [5.74, 6) is -0.403. The molecule has 6 nitrogen and oxygen atoms in total. The quantitative estimate of drug-likeness (QED) is 0.715. The van der Waals surface area contributed by atoms with Crippen molar-refractivity contribution < 1.29 is 14.4 Å². The van der Waals surface area contributed by atoms with Crippen molar-refractivity contribution in [3.63, 3.8) is 0 Å². The van der Waals surface area contributed by atoms with Crippen LogP contribution in [0.3, 0.4) is 0 Å². The van der Waals surface area contributed by atoms with Crippen molar-refractivity contribution in [3.05, 3.63) is 23.3 Å². The number of thiazole rings is 1. The lowest BCUT2D eigenvalue weighted by atomic mass is 9.62. The van der Waals surface area contributed by atoms with Crippen molar-refractivity contribution in [1.29, 1.82) is 0 Å². The molecule has 7 heteroatoms. The zero-order valence-corrected chi connectivity index (χ0v) is 19.1. The summed E-state index contributed by atoms with van der Waals surface area (Å²) in [5, 5.41) is 3.45. The lowest BCUT2D eigenvalue weighted by Gasteiger charge is -2.47. The summed E-state index contributed by atoms with van der Waals surface area (Å²) in [6, 6.07) is 4.15. The fourth-order valence-corrected chi connectivity index (χ4v) is 6.17. The van der Waals surface area contributed by atoms with Gasteiger partial charge in [0.25, 0.3) is 0 Å². The Morgan fingerprint density at radius 3 is 2.73 bits per heavy atom. The molecule has 1 saturated heterocycles. The summed E-state index contributed by atoms with van der Waals surface area (Å²) in [7, 11) is 0. The molecule has 2 fully saturated rings. The molecule has 0 spiro atoms. The van der Waals surface area contributed by atoms with Crippen molar-refractivity contribution in [2.24, 2.45) is 16.7 Å². The second-order valence-corrected chi connectivity index (χ2v) is 10.6. The largest absolute Gasteiger partial charge is 0.302 e. The van der Waals surface area contributed by atoms with Crippen LogP contribution in [0.25, 0.3) is 10.2 Å². The molecule has 2 aromatic rings. The van der Waals surface area contributed by atoms with Gasteiger partial charge in [-0.2, -0.15) is 0 Å². The van der Waals surface area contributed by atoms with Crippen molar-refractivity contribution in [3.8, 4) is 0 Å². The van der Waals surface area contributed by atoms with Crippen LogP contribution in [-0.4, -0.2) is 34.2 Å². The molecule has 0 radical (unpaired) electrons. The van der Waals surface area contributed by atoms with Crippen LogP contribution >= 0.6 is 11.3 Å². The predicted molar refractivity (Wildman–Crippen MR) is 118 cm³/mol. The van der Waals surface area contributed by atoms with Crippen LogP contribution in [0.4, 0.5) is 5.13 Å². The van der Waals surface area contributed by atoms with E-state index in [-0.39, 0.29) is 35.5 Å². The molecule has 1 aliphatic carbocycles. The number of nitrogens with zero attached hydrogens (tertiary/aromatic N) is 2. The van der Waals surface area contributed by atoms with Crippen molar-refractivity contribution >= 4 is 44.4 Å². The summed E-state index contributed by atoms with van der Waals surface area (Å²) >= 11 is 1.46. The third-order valence-electron chi connectivity index (χ3n) is 7.37. The monoisotopic (exact) mass is 427 g/mol. The summed E-state index contributed by atoms with van der Waals surface area (Å²) in [6.45, 7) is 10.4. The average Bonchev–Trinajstić information content (AvgIpc) is 3.13. The summed E-state index contributed by atoms with van der Waals surface area (Å²) < 4.78 is 1.05. The molecule has 1 aromatic carbocycles. The smallest absolute Gasteiger partial charge is 0.235 e. The summed E-state index contributed by atoms with van der Waals surface area (Å²) in [4.78, 5) is 44.3. The van der Waals surface area contributed by atoms with Gasteiger partial charge in [-0.25, -0.2) is 4.98 Å². The number of piperidine rings is 1. The number of aryl methyl sites for hydroxylation is 2. The lowest BCUT2D eigenvalue weighted by Crippen LogP contribution is -2.59. The van der Waals surface area contributed by atoms with Gasteiger partial charge in [-0.15, -0.1) is 0 Å². The predicted octanol–water partition coefficient (Wildman–Crippen LogP) is 4.44. The molecule has 2 unspecified atom stereocenters. The minimum absolute atomic E-state index is 0.0719. The molecular formula is C23H29N3O3S. The highest BCUT2D eigenvalue weighted by Gasteiger charge is 2.64. The van der Waals surface area contributed by atoms with E-state index in [1.54, 1.807) is 0 Å². The Labute approximate surface area is 181 Å². The highest BCUT2D eigenvalue weighted by molar-refractivity contribution is 7.22. The van der Waals surface area contributed by atoms with Gasteiger partial charge >= 0.3 is 0 Å². The number of anilines is 1. The van der Waals surface area contributed by atoms with Crippen LogP contribution in [0.1, 0.15) is 57.6 Å². The van der Waals surface area contributed by atoms with E-state index in [9.17, 15) is 14.4 Å². The van der Waals surface area contributed by atoms with Gasteiger partial charge < -0.3 is 5.32 Å². The van der Waals surface area contributed by atoms with Gasteiger partial charge in [-0.3, -0.25) is 19.3 Å². The molecule has 1 saturated carbocycles. The van der Waals surface area contributed by atoms with Crippen LogP contribution in [-0.2, 0) is 14.4 Å². The first-order valence-corrected chi connectivity index (χ1v) is 11.4.